The van der Waals surface area contributed by atoms with Gasteiger partial charge in [0.1, 0.15) is 5.75 Å². The average Bonchev–Trinajstić information content (AvgIpc) is 2.38. The Balaban J connectivity index is 0.00000361. The smallest absolute Gasteiger partial charge is 0.191 e. The van der Waals surface area contributed by atoms with Gasteiger partial charge in [0.2, 0.25) is 0 Å². The minimum Gasteiger partial charge on any atom is -0.491 e. The first-order valence-corrected chi connectivity index (χ1v) is 6.87. The monoisotopic (exact) mass is 391 g/mol. The molecular formula is C15H26IN3O. The highest BCUT2D eigenvalue weighted by Crippen LogP contribution is 2.14. The summed E-state index contributed by atoms with van der Waals surface area (Å²) < 4.78 is 5.60. The molecular weight excluding hydrogens is 365 g/mol. The van der Waals surface area contributed by atoms with E-state index in [1.807, 2.05) is 43.0 Å². The molecule has 1 aromatic rings. The highest BCUT2D eigenvalue weighted by Gasteiger charge is 2.02. The average molecular weight is 391 g/mol. The van der Waals surface area contributed by atoms with Crippen molar-refractivity contribution < 1.29 is 4.74 Å². The van der Waals surface area contributed by atoms with Gasteiger partial charge in [0, 0.05) is 13.1 Å². The number of nitrogens with two attached hydrogens (primary N) is 1. The molecule has 0 radical (unpaired) electrons. The molecule has 0 unspecified atom stereocenters. The Kier molecular flexibility index (Phi) is 9.37. The SMILES string of the molecule is CCN(CC)C(N)=NCc1ccc(OC(C)C)cc1.I. The van der Waals surface area contributed by atoms with Crippen LogP contribution >= 0.6 is 24.0 Å². The van der Waals surface area contributed by atoms with E-state index in [-0.39, 0.29) is 30.1 Å². The van der Waals surface area contributed by atoms with Gasteiger partial charge in [-0.2, -0.15) is 0 Å². The Labute approximate surface area is 139 Å². The molecule has 0 aliphatic carbocycles. The number of ether oxygens (including phenoxy) is 1. The van der Waals surface area contributed by atoms with E-state index in [1.54, 1.807) is 0 Å². The van der Waals surface area contributed by atoms with Gasteiger partial charge in [0.05, 0.1) is 12.6 Å². The summed E-state index contributed by atoms with van der Waals surface area (Å²) in [6.07, 6.45) is 0.196. The van der Waals surface area contributed by atoms with Gasteiger partial charge < -0.3 is 15.4 Å². The third-order valence-electron chi connectivity index (χ3n) is 2.81. The third kappa shape index (κ3) is 6.45. The van der Waals surface area contributed by atoms with Crippen LogP contribution in [0.1, 0.15) is 33.3 Å². The van der Waals surface area contributed by atoms with Gasteiger partial charge in [-0.05, 0) is 45.4 Å². The quantitative estimate of drug-likeness (QED) is 0.460. The van der Waals surface area contributed by atoms with E-state index < -0.39 is 0 Å². The summed E-state index contributed by atoms with van der Waals surface area (Å²) in [7, 11) is 0. The fourth-order valence-electron chi connectivity index (χ4n) is 1.77. The van der Waals surface area contributed by atoms with Crippen molar-refractivity contribution in [3.63, 3.8) is 0 Å². The molecule has 0 aliphatic heterocycles. The molecule has 0 spiro atoms. The lowest BCUT2D eigenvalue weighted by molar-refractivity contribution is 0.242. The third-order valence-corrected chi connectivity index (χ3v) is 2.81. The summed E-state index contributed by atoms with van der Waals surface area (Å²) in [5, 5.41) is 0. The second kappa shape index (κ2) is 9.85. The fraction of sp³-hybridized carbons (Fsp3) is 0.533. The molecule has 0 atom stereocenters. The summed E-state index contributed by atoms with van der Waals surface area (Å²) in [6.45, 7) is 10.5. The molecule has 0 bridgehead atoms. The van der Waals surface area contributed by atoms with Crippen molar-refractivity contribution in [3.05, 3.63) is 29.8 Å². The molecule has 4 nitrogen and oxygen atoms in total. The minimum atomic E-state index is 0. The van der Waals surface area contributed by atoms with E-state index in [0.29, 0.717) is 12.5 Å². The summed E-state index contributed by atoms with van der Waals surface area (Å²) >= 11 is 0. The van der Waals surface area contributed by atoms with Crippen LogP contribution in [0.15, 0.2) is 29.3 Å². The van der Waals surface area contributed by atoms with Crippen LogP contribution in [0.4, 0.5) is 0 Å². The summed E-state index contributed by atoms with van der Waals surface area (Å²) in [5.41, 5.74) is 7.06. The minimum absolute atomic E-state index is 0. The fourth-order valence-corrected chi connectivity index (χ4v) is 1.77. The van der Waals surface area contributed by atoms with Crippen molar-refractivity contribution >= 4 is 29.9 Å². The maximum Gasteiger partial charge on any atom is 0.191 e. The van der Waals surface area contributed by atoms with E-state index in [1.165, 1.54) is 0 Å². The Hall–Kier alpha value is -0.980. The molecule has 114 valence electrons. The first-order valence-electron chi connectivity index (χ1n) is 6.87. The van der Waals surface area contributed by atoms with Gasteiger partial charge in [0.25, 0.3) is 0 Å². The number of hydrogen-bond acceptors (Lipinski definition) is 2. The maximum absolute atomic E-state index is 5.93. The molecule has 0 saturated carbocycles. The van der Waals surface area contributed by atoms with Crippen LogP contribution in [0.25, 0.3) is 0 Å². The lowest BCUT2D eigenvalue weighted by Gasteiger charge is -2.19. The van der Waals surface area contributed by atoms with E-state index in [2.05, 4.69) is 18.8 Å². The van der Waals surface area contributed by atoms with Gasteiger partial charge in [-0.3, -0.25) is 0 Å². The Morgan fingerprint density at radius 2 is 1.75 bits per heavy atom. The highest BCUT2D eigenvalue weighted by atomic mass is 127. The summed E-state index contributed by atoms with van der Waals surface area (Å²) in [6, 6.07) is 7.99. The Bertz CT molecular complexity index is 400. The van der Waals surface area contributed by atoms with Crippen LogP contribution in [-0.4, -0.2) is 30.1 Å². The van der Waals surface area contributed by atoms with E-state index >= 15 is 0 Å². The molecule has 1 aromatic carbocycles. The molecule has 2 N–H and O–H groups in total. The summed E-state index contributed by atoms with van der Waals surface area (Å²) in [5.74, 6) is 1.49. The van der Waals surface area contributed by atoms with Crippen molar-refractivity contribution in [2.45, 2.75) is 40.3 Å². The van der Waals surface area contributed by atoms with Gasteiger partial charge in [-0.15, -0.1) is 24.0 Å². The highest BCUT2D eigenvalue weighted by molar-refractivity contribution is 14.0. The second-order valence-corrected chi connectivity index (χ2v) is 4.66. The molecule has 0 fully saturated rings. The molecule has 1 rings (SSSR count). The van der Waals surface area contributed by atoms with E-state index in [9.17, 15) is 0 Å². The number of aliphatic imine (C=N–C) groups is 1. The summed E-state index contributed by atoms with van der Waals surface area (Å²) in [4.78, 5) is 6.44. The molecule has 0 aliphatic rings. The number of benzene rings is 1. The van der Waals surface area contributed by atoms with Crippen molar-refractivity contribution in [1.82, 2.24) is 4.90 Å². The Morgan fingerprint density at radius 3 is 2.20 bits per heavy atom. The van der Waals surface area contributed by atoms with Crippen molar-refractivity contribution in [2.75, 3.05) is 13.1 Å². The van der Waals surface area contributed by atoms with Crippen molar-refractivity contribution in [3.8, 4) is 5.75 Å². The molecule has 20 heavy (non-hydrogen) atoms. The number of guanidine groups is 1. The van der Waals surface area contributed by atoms with Crippen LogP contribution < -0.4 is 10.5 Å². The molecule has 0 saturated heterocycles. The van der Waals surface area contributed by atoms with Gasteiger partial charge in [-0.1, -0.05) is 12.1 Å². The van der Waals surface area contributed by atoms with Crippen molar-refractivity contribution in [2.24, 2.45) is 10.7 Å². The van der Waals surface area contributed by atoms with Crippen molar-refractivity contribution in [1.29, 1.82) is 0 Å². The zero-order chi connectivity index (χ0) is 14.3. The number of hydrogen-bond donors (Lipinski definition) is 1. The molecule has 0 amide bonds. The standard InChI is InChI=1S/C15H25N3O.HI/c1-5-18(6-2)15(16)17-11-13-7-9-14(10-8-13)19-12(3)4;/h7-10,12H,5-6,11H2,1-4H3,(H2,16,17);1H. The number of nitrogens with zero attached hydrogens (tertiary/aromatic N) is 2. The van der Waals surface area contributed by atoms with Crippen LogP contribution in [-0.2, 0) is 6.54 Å². The second-order valence-electron chi connectivity index (χ2n) is 4.66. The zero-order valence-electron chi connectivity index (χ0n) is 12.8. The topological polar surface area (TPSA) is 50.8 Å². The normalized spacial score (nSPS) is 11.2. The van der Waals surface area contributed by atoms with Crippen LogP contribution in [0.3, 0.4) is 0 Å². The first kappa shape index (κ1) is 19.0. The van der Waals surface area contributed by atoms with Gasteiger partial charge in [0.15, 0.2) is 5.96 Å². The number of rotatable bonds is 6. The van der Waals surface area contributed by atoms with Gasteiger partial charge >= 0.3 is 0 Å². The maximum atomic E-state index is 5.93. The van der Waals surface area contributed by atoms with E-state index in [0.717, 1.165) is 24.4 Å². The van der Waals surface area contributed by atoms with Crippen LogP contribution in [0.5, 0.6) is 5.75 Å². The number of halogens is 1. The lowest BCUT2D eigenvalue weighted by Crippen LogP contribution is -2.37. The predicted octanol–water partition coefficient (Wildman–Crippen LogP) is 3.25. The van der Waals surface area contributed by atoms with Gasteiger partial charge in [-0.25, -0.2) is 4.99 Å². The molecule has 5 heteroatoms. The first-order chi connectivity index (χ1) is 9.06. The van der Waals surface area contributed by atoms with Crippen LogP contribution in [0.2, 0.25) is 0 Å². The molecule has 0 heterocycles. The largest absolute Gasteiger partial charge is 0.491 e. The predicted molar refractivity (Wildman–Crippen MR) is 95.9 cm³/mol. The molecule has 0 aromatic heterocycles. The lowest BCUT2D eigenvalue weighted by atomic mass is 10.2. The van der Waals surface area contributed by atoms with Crippen LogP contribution in [0, 0.1) is 0 Å². The Morgan fingerprint density at radius 1 is 1.20 bits per heavy atom. The zero-order valence-corrected chi connectivity index (χ0v) is 15.1. The van der Waals surface area contributed by atoms with E-state index in [4.69, 9.17) is 10.5 Å².